The summed E-state index contributed by atoms with van der Waals surface area (Å²) in [5, 5.41) is 12.0. The molecule has 42 heavy (non-hydrogen) atoms. The second-order valence-electron chi connectivity index (χ2n) is 10.3. The van der Waals surface area contributed by atoms with E-state index in [2.05, 4.69) is 6.58 Å². The number of benzene rings is 3. The van der Waals surface area contributed by atoms with Crippen LogP contribution >= 0.6 is 11.3 Å². The van der Waals surface area contributed by atoms with Gasteiger partial charge in [-0.3, -0.25) is 14.5 Å². The van der Waals surface area contributed by atoms with E-state index in [0.29, 0.717) is 40.8 Å². The standard InChI is InChI=1S/C33H30N2O6S/c1-5-13-40-25-12-8-20(17-26(25)39-6-2)29-28(30(36)21-9-11-24-22(16-21)15-19(4)41-24)31(37)32(38)35(29)33-34-23-10-7-18(3)14-27(23)42-33/h5,7-12,14,16-17,19,29,36H,1,6,13,15H2,2-4H3/t19-,29-/m0/s1. The van der Waals surface area contributed by atoms with Crippen molar-refractivity contribution in [1.82, 2.24) is 4.98 Å². The normalized spacial score (nSPS) is 19.2. The molecule has 2 aliphatic rings. The third-order valence-electron chi connectivity index (χ3n) is 7.29. The highest BCUT2D eigenvalue weighted by Gasteiger charge is 2.48. The number of aryl methyl sites for hydroxylation is 1. The van der Waals surface area contributed by atoms with Gasteiger partial charge in [0.05, 0.1) is 28.4 Å². The molecule has 0 radical (unpaired) electrons. The molecule has 1 aromatic heterocycles. The van der Waals surface area contributed by atoms with Crippen LogP contribution in [0.5, 0.6) is 17.2 Å². The Hall–Kier alpha value is -4.63. The van der Waals surface area contributed by atoms with Gasteiger partial charge in [0.1, 0.15) is 24.2 Å². The summed E-state index contributed by atoms with van der Waals surface area (Å²) < 4.78 is 18.4. The maximum Gasteiger partial charge on any atom is 0.301 e. The van der Waals surface area contributed by atoms with Crippen LogP contribution in [-0.4, -0.2) is 41.1 Å². The number of rotatable bonds is 8. The lowest BCUT2D eigenvalue weighted by Gasteiger charge is -2.24. The topological polar surface area (TPSA) is 98.2 Å². The lowest BCUT2D eigenvalue weighted by molar-refractivity contribution is -0.132. The number of fused-ring (bicyclic) bond motifs is 2. The van der Waals surface area contributed by atoms with Crippen molar-refractivity contribution in [3.8, 4) is 17.2 Å². The quantitative estimate of drug-likeness (QED) is 0.109. The number of aliphatic hydroxyl groups excluding tert-OH is 1. The molecule has 9 heteroatoms. The van der Waals surface area contributed by atoms with E-state index >= 15 is 0 Å². The number of carbonyl (C=O) groups excluding carboxylic acids is 2. The van der Waals surface area contributed by atoms with Gasteiger partial charge in [-0.15, -0.1) is 0 Å². The lowest BCUT2D eigenvalue weighted by Crippen LogP contribution is -2.29. The minimum Gasteiger partial charge on any atom is -0.507 e. The smallest absolute Gasteiger partial charge is 0.301 e. The molecule has 0 bridgehead atoms. The molecule has 0 unspecified atom stereocenters. The number of hydrogen-bond donors (Lipinski definition) is 1. The van der Waals surface area contributed by atoms with Crippen LogP contribution < -0.4 is 19.1 Å². The number of ether oxygens (including phenoxy) is 3. The van der Waals surface area contributed by atoms with Crippen molar-refractivity contribution < 1.29 is 28.9 Å². The molecule has 3 aromatic carbocycles. The van der Waals surface area contributed by atoms with Crippen LogP contribution in [-0.2, 0) is 16.0 Å². The number of ketones is 1. The van der Waals surface area contributed by atoms with E-state index < -0.39 is 17.7 Å². The van der Waals surface area contributed by atoms with Gasteiger partial charge in [0.25, 0.3) is 5.78 Å². The van der Waals surface area contributed by atoms with Crippen LogP contribution in [0.3, 0.4) is 0 Å². The average Bonchev–Trinajstić information content (AvgIpc) is 3.63. The van der Waals surface area contributed by atoms with Gasteiger partial charge in [-0.25, -0.2) is 4.98 Å². The van der Waals surface area contributed by atoms with Gasteiger partial charge >= 0.3 is 5.91 Å². The van der Waals surface area contributed by atoms with Crippen molar-refractivity contribution in [2.24, 2.45) is 0 Å². The Morgan fingerprint density at radius 2 is 1.98 bits per heavy atom. The summed E-state index contributed by atoms with van der Waals surface area (Å²) in [5.74, 6) is -0.113. The second-order valence-corrected chi connectivity index (χ2v) is 11.3. The minimum atomic E-state index is -0.956. The number of thiazole rings is 1. The number of aliphatic hydroxyl groups is 1. The molecule has 214 valence electrons. The van der Waals surface area contributed by atoms with Crippen molar-refractivity contribution in [2.75, 3.05) is 18.1 Å². The molecule has 6 rings (SSSR count). The zero-order chi connectivity index (χ0) is 29.5. The highest BCUT2D eigenvalue weighted by Crippen LogP contribution is 2.46. The molecule has 1 fully saturated rings. The van der Waals surface area contributed by atoms with Crippen LogP contribution in [0.15, 0.2) is 72.8 Å². The molecule has 0 aliphatic carbocycles. The Morgan fingerprint density at radius 1 is 1.14 bits per heavy atom. The van der Waals surface area contributed by atoms with Gasteiger partial charge in [0, 0.05) is 12.0 Å². The van der Waals surface area contributed by atoms with Crippen LogP contribution in [0, 0.1) is 6.92 Å². The molecular weight excluding hydrogens is 552 g/mol. The Balaban J connectivity index is 1.54. The van der Waals surface area contributed by atoms with E-state index in [9.17, 15) is 14.7 Å². The molecule has 2 aliphatic heterocycles. The van der Waals surface area contributed by atoms with E-state index in [1.54, 1.807) is 36.4 Å². The summed E-state index contributed by atoms with van der Waals surface area (Å²) >= 11 is 1.32. The molecular formula is C33H30N2O6S. The first-order valence-electron chi connectivity index (χ1n) is 13.8. The molecule has 1 amide bonds. The van der Waals surface area contributed by atoms with Crippen molar-refractivity contribution in [3.05, 3.63) is 95.1 Å². The van der Waals surface area contributed by atoms with E-state index in [1.807, 2.05) is 45.0 Å². The van der Waals surface area contributed by atoms with Crippen molar-refractivity contribution in [1.29, 1.82) is 0 Å². The van der Waals surface area contributed by atoms with Crippen LogP contribution in [0.1, 0.15) is 42.1 Å². The first-order chi connectivity index (χ1) is 20.3. The van der Waals surface area contributed by atoms with Gasteiger partial charge in [0.15, 0.2) is 16.6 Å². The van der Waals surface area contributed by atoms with Crippen molar-refractivity contribution in [3.63, 3.8) is 0 Å². The SMILES string of the molecule is C=CCOc1ccc([C@H]2C(=C(O)c3ccc4c(c3)C[C@H](C)O4)C(=O)C(=O)N2c2nc3ccc(C)cc3s2)cc1OCC. The summed E-state index contributed by atoms with van der Waals surface area (Å²) in [6.45, 7) is 10.2. The first kappa shape index (κ1) is 27.5. The van der Waals surface area contributed by atoms with Crippen molar-refractivity contribution >= 4 is 44.1 Å². The predicted molar refractivity (Wildman–Crippen MR) is 163 cm³/mol. The van der Waals surface area contributed by atoms with Gasteiger partial charge in [0.2, 0.25) is 0 Å². The monoisotopic (exact) mass is 582 g/mol. The van der Waals surface area contributed by atoms with Crippen molar-refractivity contribution in [2.45, 2.75) is 39.3 Å². The zero-order valence-electron chi connectivity index (χ0n) is 23.5. The second kappa shape index (κ2) is 11.0. The van der Waals surface area contributed by atoms with Crippen LogP contribution in [0.4, 0.5) is 5.13 Å². The molecule has 1 saturated heterocycles. The molecule has 0 saturated carbocycles. The fraction of sp³-hybridized carbons (Fsp3) is 0.242. The Bertz CT molecular complexity index is 1770. The third kappa shape index (κ3) is 4.79. The Kier molecular flexibility index (Phi) is 7.20. The van der Waals surface area contributed by atoms with E-state index in [-0.39, 0.29) is 24.0 Å². The number of amides is 1. The average molecular weight is 583 g/mol. The van der Waals surface area contributed by atoms with E-state index in [4.69, 9.17) is 19.2 Å². The maximum atomic E-state index is 13.7. The summed E-state index contributed by atoms with van der Waals surface area (Å²) in [6, 6.07) is 15.4. The molecule has 3 heterocycles. The van der Waals surface area contributed by atoms with E-state index in [1.165, 1.54) is 16.2 Å². The summed E-state index contributed by atoms with van der Waals surface area (Å²) in [6.07, 6.45) is 2.34. The fourth-order valence-corrected chi connectivity index (χ4v) is 6.51. The summed E-state index contributed by atoms with van der Waals surface area (Å²) in [4.78, 5) is 33.6. The summed E-state index contributed by atoms with van der Waals surface area (Å²) in [5.41, 5.74) is 3.69. The number of aromatic nitrogens is 1. The van der Waals surface area contributed by atoms with Crippen LogP contribution in [0.25, 0.3) is 16.0 Å². The lowest BCUT2D eigenvalue weighted by atomic mass is 9.94. The van der Waals surface area contributed by atoms with E-state index in [0.717, 1.165) is 27.1 Å². The Morgan fingerprint density at radius 3 is 2.76 bits per heavy atom. The van der Waals surface area contributed by atoms with Crippen LogP contribution in [0.2, 0.25) is 0 Å². The minimum absolute atomic E-state index is 0.0180. The van der Waals surface area contributed by atoms with Gasteiger partial charge in [-0.05, 0) is 79.9 Å². The zero-order valence-corrected chi connectivity index (χ0v) is 24.4. The largest absolute Gasteiger partial charge is 0.507 e. The first-order valence-corrected chi connectivity index (χ1v) is 14.6. The number of nitrogens with zero attached hydrogens (tertiary/aromatic N) is 2. The number of Topliss-reactive ketones (excluding diaryl/α,β-unsaturated/α-hetero) is 1. The Labute approximate surface area is 247 Å². The van der Waals surface area contributed by atoms with Gasteiger partial charge < -0.3 is 19.3 Å². The molecule has 4 aromatic rings. The fourth-order valence-electron chi connectivity index (χ4n) is 5.42. The molecule has 2 atom stereocenters. The molecule has 8 nitrogen and oxygen atoms in total. The molecule has 1 N–H and O–H groups in total. The highest BCUT2D eigenvalue weighted by molar-refractivity contribution is 7.22. The number of hydrogen-bond acceptors (Lipinski definition) is 8. The summed E-state index contributed by atoms with van der Waals surface area (Å²) in [7, 11) is 0. The van der Waals surface area contributed by atoms with Gasteiger partial charge in [-0.1, -0.05) is 36.1 Å². The predicted octanol–water partition coefficient (Wildman–Crippen LogP) is 6.52. The number of anilines is 1. The maximum absolute atomic E-state index is 13.7. The highest BCUT2D eigenvalue weighted by atomic mass is 32.1. The number of carbonyl (C=O) groups is 2. The third-order valence-corrected chi connectivity index (χ3v) is 8.31. The molecule has 0 spiro atoms. The van der Waals surface area contributed by atoms with Gasteiger partial charge in [-0.2, -0.15) is 0 Å².